The number of fused-ring (bicyclic) bond motifs is 1. The second-order valence-corrected chi connectivity index (χ2v) is 10.6. The van der Waals surface area contributed by atoms with Crippen molar-refractivity contribution in [3.8, 4) is 17.4 Å². The van der Waals surface area contributed by atoms with Gasteiger partial charge in [0.25, 0.3) is 0 Å². The summed E-state index contributed by atoms with van der Waals surface area (Å²) in [7, 11) is 0. The van der Waals surface area contributed by atoms with Gasteiger partial charge in [0.05, 0.1) is 6.04 Å². The van der Waals surface area contributed by atoms with Crippen LogP contribution in [-0.4, -0.2) is 74.5 Å². The van der Waals surface area contributed by atoms with Crippen LogP contribution in [0.3, 0.4) is 0 Å². The van der Waals surface area contributed by atoms with Crippen LogP contribution >= 0.6 is 0 Å². The highest BCUT2D eigenvalue weighted by Gasteiger charge is 2.34. The number of aromatic nitrogens is 4. The van der Waals surface area contributed by atoms with Crippen LogP contribution in [0.2, 0.25) is 0 Å². The van der Waals surface area contributed by atoms with Gasteiger partial charge in [-0.15, -0.1) is 0 Å². The Morgan fingerprint density at radius 1 is 1.13 bits per heavy atom. The molecule has 3 aromatic rings. The number of imidazole rings is 1. The number of benzene rings is 1. The van der Waals surface area contributed by atoms with E-state index in [1.807, 2.05) is 52.0 Å². The minimum absolute atomic E-state index is 0.144. The maximum atomic E-state index is 13.1. The quantitative estimate of drug-likeness (QED) is 0.507. The summed E-state index contributed by atoms with van der Waals surface area (Å²) in [6.07, 6.45) is 4.84. The zero-order valence-electron chi connectivity index (χ0n) is 22.6. The average molecular weight is 536 g/mol. The van der Waals surface area contributed by atoms with Crippen molar-refractivity contribution in [3.05, 3.63) is 54.2 Å². The number of carbonyl (C=O) groups is 2. The van der Waals surface area contributed by atoms with Crippen molar-refractivity contribution in [1.29, 1.82) is 0 Å². The van der Waals surface area contributed by atoms with E-state index < -0.39 is 11.7 Å². The molecule has 0 aliphatic carbocycles. The molecule has 0 saturated carbocycles. The number of hydrogen-bond donors (Lipinski definition) is 1. The molecule has 2 aromatic heterocycles. The molecule has 206 valence electrons. The molecule has 39 heavy (non-hydrogen) atoms. The summed E-state index contributed by atoms with van der Waals surface area (Å²) in [5.41, 5.74) is 1.07. The maximum absolute atomic E-state index is 13.1. The van der Waals surface area contributed by atoms with Gasteiger partial charge in [-0.05, 0) is 45.4 Å². The zero-order valence-corrected chi connectivity index (χ0v) is 22.6. The molecular formula is C27H33N7O5. The number of nitrogens with zero attached hydrogens (tertiary/aromatic N) is 6. The lowest BCUT2D eigenvalue weighted by Crippen LogP contribution is -2.57. The third-order valence-electron chi connectivity index (χ3n) is 6.34. The SMILES string of the molecule is Cc1cc(N2CCN(C(=O)OC(C)(C)C)CC2CC(=O)NCc2ccc3c(c2)OCO3)nc(-n2ccnc2)n1. The molecular weight excluding hydrogens is 502 g/mol. The van der Waals surface area contributed by atoms with E-state index in [2.05, 4.69) is 20.2 Å². The van der Waals surface area contributed by atoms with E-state index in [1.54, 1.807) is 28.2 Å². The highest BCUT2D eigenvalue weighted by molar-refractivity contribution is 5.77. The van der Waals surface area contributed by atoms with Crippen molar-refractivity contribution >= 4 is 17.8 Å². The van der Waals surface area contributed by atoms with Gasteiger partial charge in [0.15, 0.2) is 11.5 Å². The summed E-state index contributed by atoms with van der Waals surface area (Å²) in [6.45, 7) is 9.19. The fraction of sp³-hybridized carbons (Fsp3) is 0.444. The van der Waals surface area contributed by atoms with E-state index in [0.29, 0.717) is 49.4 Å². The molecule has 2 aliphatic rings. The van der Waals surface area contributed by atoms with E-state index in [4.69, 9.17) is 19.2 Å². The Hall–Kier alpha value is -4.35. The molecule has 1 atom stereocenters. The molecule has 5 rings (SSSR count). The molecule has 1 unspecified atom stereocenters. The van der Waals surface area contributed by atoms with Crippen LogP contribution in [0.5, 0.6) is 11.5 Å². The number of hydrogen-bond acceptors (Lipinski definition) is 9. The molecule has 12 heteroatoms. The molecule has 2 amide bonds. The first-order chi connectivity index (χ1) is 18.6. The first-order valence-corrected chi connectivity index (χ1v) is 12.9. The highest BCUT2D eigenvalue weighted by atomic mass is 16.7. The third-order valence-corrected chi connectivity index (χ3v) is 6.34. The van der Waals surface area contributed by atoms with E-state index in [0.717, 1.165) is 11.3 Å². The lowest BCUT2D eigenvalue weighted by atomic mass is 10.1. The van der Waals surface area contributed by atoms with Crippen LogP contribution in [0.25, 0.3) is 5.95 Å². The third kappa shape index (κ3) is 6.39. The maximum Gasteiger partial charge on any atom is 0.410 e. The van der Waals surface area contributed by atoms with Gasteiger partial charge >= 0.3 is 6.09 Å². The van der Waals surface area contributed by atoms with Crippen LogP contribution < -0.4 is 19.7 Å². The van der Waals surface area contributed by atoms with Crippen LogP contribution in [-0.2, 0) is 16.1 Å². The molecule has 0 radical (unpaired) electrons. The van der Waals surface area contributed by atoms with Gasteiger partial charge < -0.3 is 29.3 Å². The second-order valence-electron chi connectivity index (χ2n) is 10.6. The fourth-order valence-electron chi connectivity index (χ4n) is 4.54. The topological polar surface area (TPSA) is 124 Å². The zero-order chi connectivity index (χ0) is 27.6. The molecule has 1 N–H and O–H groups in total. The standard InChI is InChI=1S/C27H33N7O5/c1-18-11-23(31-25(30-18)33-8-7-28-16-33)34-10-9-32(26(36)39-27(2,3)4)15-20(34)13-24(35)29-14-19-5-6-21-22(12-19)38-17-37-21/h5-8,11-12,16,20H,9-10,13-15,17H2,1-4H3,(H,29,35). The number of aryl methyl sites for hydroxylation is 1. The van der Waals surface area contributed by atoms with Crippen molar-refractivity contribution in [2.75, 3.05) is 31.3 Å². The van der Waals surface area contributed by atoms with E-state index >= 15 is 0 Å². The number of anilines is 1. The summed E-state index contributed by atoms with van der Waals surface area (Å²) in [4.78, 5) is 43.1. The van der Waals surface area contributed by atoms with Gasteiger partial charge in [0, 0.05) is 56.8 Å². The minimum atomic E-state index is -0.616. The Morgan fingerprint density at radius 2 is 1.95 bits per heavy atom. The molecule has 0 bridgehead atoms. The Labute approximate surface area is 226 Å². The number of ether oxygens (including phenoxy) is 3. The van der Waals surface area contributed by atoms with Gasteiger partial charge in [-0.3, -0.25) is 9.36 Å². The number of rotatable bonds is 6. The van der Waals surface area contributed by atoms with Gasteiger partial charge in [-0.1, -0.05) is 6.07 Å². The average Bonchev–Trinajstić information content (AvgIpc) is 3.58. The fourth-order valence-corrected chi connectivity index (χ4v) is 4.54. The van der Waals surface area contributed by atoms with E-state index in [9.17, 15) is 9.59 Å². The lowest BCUT2D eigenvalue weighted by Gasteiger charge is -2.42. The van der Waals surface area contributed by atoms with Crippen LogP contribution in [0.4, 0.5) is 10.6 Å². The van der Waals surface area contributed by atoms with Gasteiger partial charge in [-0.2, -0.15) is 4.98 Å². The predicted molar refractivity (Wildman–Crippen MR) is 142 cm³/mol. The highest BCUT2D eigenvalue weighted by Crippen LogP contribution is 2.32. The first-order valence-electron chi connectivity index (χ1n) is 12.9. The monoisotopic (exact) mass is 535 g/mol. The largest absolute Gasteiger partial charge is 0.454 e. The van der Waals surface area contributed by atoms with Gasteiger partial charge in [-0.25, -0.2) is 14.8 Å². The molecule has 1 saturated heterocycles. The summed E-state index contributed by atoms with van der Waals surface area (Å²) >= 11 is 0. The van der Waals surface area contributed by atoms with Gasteiger partial charge in [0.2, 0.25) is 18.6 Å². The van der Waals surface area contributed by atoms with E-state index in [-0.39, 0.29) is 25.2 Å². The Balaban J connectivity index is 1.33. The van der Waals surface area contributed by atoms with Crippen molar-refractivity contribution in [1.82, 2.24) is 29.7 Å². The molecule has 12 nitrogen and oxygen atoms in total. The predicted octanol–water partition coefficient (Wildman–Crippen LogP) is 2.83. The van der Waals surface area contributed by atoms with Gasteiger partial charge in [0.1, 0.15) is 17.7 Å². The molecule has 2 aliphatic heterocycles. The number of carbonyl (C=O) groups excluding carboxylic acids is 2. The number of piperazine rings is 1. The van der Waals surface area contributed by atoms with Crippen LogP contribution in [0.1, 0.15) is 38.4 Å². The Morgan fingerprint density at radius 3 is 2.72 bits per heavy atom. The summed E-state index contributed by atoms with van der Waals surface area (Å²) < 4.78 is 18.1. The van der Waals surface area contributed by atoms with E-state index in [1.165, 1.54) is 0 Å². The summed E-state index contributed by atoms with van der Waals surface area (Å²) in [5, 5.41) is 3.00. The van der Waals surface area contributed by atoms with Crippen molar-refractivity contribution in [2.45, 2.75) is 52.3 Å². The minimum Gasteiger partial charge on any atom is -0.454 e. The Bertz CT molecular complexity index is 1340. The summed E-state index contributed by atoms with van der Waals surface area (Å²) in [6, 6.07) is 7.16. The normalized spacial score (nSPS) is 16.8. The first kappa shape index (κ1) is 26.3. The Kier molecular flexibility index (Phi) is 7.27. The molecule has 4 heterocycles. The van der Waals surface area contributed by atoms with Crippen LogP contribution in [0.15, 0.2) is 43.0 Å². The molecule has 0 spiro atoms. The van der Waals surface area contributed by atoms with Crippen molar-refractivity contribution in [2.24, 2.45) is 0 Å². The number of amides is 2. The van der Waals surface area contributed by atoms with Crippen molar-refractivity contribution < 1.29 is 23.8 Å². The number of nitrogens with one attached hydrogen (secondary N) is 1. The van der Waals surface area contributed by atoms with Crippen molar-refractivity contribution in [3.63, 3.8) is 0 Å². The van der Waals surface area contributed by atoms with Crippen LogP contribution in [0, 0.1) is 6.92 Å². The molecule has 1 fully saturated rings. The lowest BCUT2D eigenvalue weighted by molar-refractivity contribution is -0.121. The summed E-state index contributed by atoms with van der Waals surface area (Å²) in [5.74, 6) is 2.39. The smallest absolute Gasteiger partial charge is 0.410 e. The molecule has 1 aromatic carbocycles. The second kappa shape index (κ2) is 10.8.